The lowest BCUT2D eigenvalue weighted by molar-refractivity contribution is -0.120. The fraction of sp³-hybridized carbons (Fsp3) is 0.588. The van der Waals surface area contributed by atoms with Crippen LogP contribution in [0.4, 0.5) is 0 Å². The highest BCUT2D eigenvalue weighted by atomic mass is 16.5. The molecule has 0 spiro atoms. The molecule has 1 aromatic carbocycles. The van der Waals surface area contributed by atoms with Gasteiger partial charge in [-0.2, -0.15) is 0 Å². The van der Waals surface area contributed by atoms with Crippen molar-refractivity contribution in [2.75, 3.05) is 6.61 Å². The zero-order valence-electron chi connectivity index (χ0n) is 13.0. The molecule has 2 rings (SSSR count). The molecule has 116 valence electrons. The highest BCUT2D eigenvalue weighted by Gasteiger charge is 2.26. The number of primary amides is 1. The minimum Gasteiger partial charge on any atom is -0.494 e. The zero-order chi connectivity index (χ0) is 15.2. The van der Waals surface area contributed by atoms with Gasteiger partial charge < -0.3 is 15.8 Å². The third-order valence-corrected chi connectivity index (χ3v) is 4.09. The quantitative estimate of drug-likeness (QED) is 0.734. The number of benzene rings is 1. The predicted molar refractivity (Wildman–Crippen MR) is 84.4 cm³/mol. The largest absolute Gasteiger partial charge is 0.494 e. The zero-order valence-corrected chi connectivity index (χ0v) is 13.0. The molecule has 1 amide bonds. The van der Waals surface area contributed by atoms with E-state index in [1.807, 2.05) is 12.1 Å². The maximum Gasteiger partial charge on any atom is 0.234 e. The summed E-state index contributed by atoms with van der Waals surface area (Å²) in [5, 5.41) is 3.25. The van der Waals surface area contributed by atoms with E-state index in [2.05, 4.69) is 31.3 Å². The van der Waals surface area contributed by atoms with Crippen molar-refractivity contribution in [1.82, 2.24) is 5.32 Å². The van der Waals surface area contributed by atoms with Crippen LogP contribution in [-0.2, 0) is 4.79 Å². The van der Waals surface area contributed by atoms with E-state index in [1.165, 1.54) is 5.56 Å². The first-order valence-electron chi connectivity index (χ1n) is 7.88. The van der Waals surface area contributed by atoms with Crippen molar-refractivity contribution in [3.8, 4) is 5.75 Å². The van der Waals surface area contributed by atoms with Gasteiger partial charge in [0, 0.05) is 12.5 Å². The smallest absolute Gasteiger partial charge is 0.234 e. The summed E-state index contributed by atoms with van der Waals surface area (Å²) >= 11 is 0. The van der Waals surface area contributed by atoms with Crippen LogP contribution < -0.4 is 15.8 Å². The molecule has 1 aliphatic rings. The van der Waals surface area contributed by atoms with Gasteiger partial charge in [-0.15, -0.1) is 0 Å². The van der Waals surface area contributed by atoms with Crippen molar-refractivity contribution in [2.45, 2.75) is 57.5 Å². The Morgan fingerprint density at radius 2 is 2.05 bits per heavy atom. The van der Waals surface area contributed by atoms with Crippen molar-refractivity contribution >= 4 is 5.91 Å². The molecular formula is C17H26N2O2. The van der Waals surface area contributed by atoms with Gasteiger partial charge in [-0.25, -0.2) is 0 Å². The molecular weight excluding hydrogens is 264 g/mol. The third-order valence-electron chi connectivity index (χ3n) is 4.09. The normalized spacial score (nSPS) is 17.2. The topological polar surface area (TPSA) is 64.3 Å². The van der Waals surface area contributed by atoms with Crippen molar-refractivity contribution < 1.29 is 9.53 Å². The van der Waals surface area contributed by atoms with Crippen molar-refractivity contribution in [2.24, 2.45) is 5.73 Å². The number of hydrogen-bond donors (Lipinski definition) is 2. The fourth-order valence-corrected chi connectivity index (χ4v) is 2.27. The average molecular weight is 290 g/mol. The van der Waals surface area contributed by atoms with Gasteiger partial charge in [0.1, 0.15) is 5.75 Å². The molecule has 2 unspecified atom stereocenters. The monoisotopic (exact) mass is 290 g/mol. The second-order valence-electron chi connectivity index (χ2n) is 5.91. The summed E-state index contributed by atoms with van der Waals surface area (Å²) in [5.41, 5.74) is 6.73. The first-order valence-corrected chi connectivity index (χ1v) is 7.88. The predicted octanol–water partition coefficient (Wildman–Crippen LogP) is 2.57. The van der Waals surface area contributed by atoms with Crippen molar-refractivity contribution in [3.63, 3.8) is 0 Å². The molecule has 4 heteroatoms. The minimum absolute atomic E-state index is 0.281. The molecule has 1 fully saturated rings. The number of amides is 1. The standard InChI is InChI=1S/C17H26N2O2/c1-3-12(2)13-4-8-15(9-5-13)21-11-10-16(17(18)20)19-14-6-7-14/h4-5,8-9,12,14,16,19H,3,6-7,10-11H2,1-2H3,(H2,18,20). The summed E-state index contributed by atoms with van der Waals surface area (Å²) in [6, 6.07) is 8.40. The molecule has 0 saturated heterocycles. The first-order chi connectivity index (χ1) is 10.1. The van der Waals surface area contributed by atoms with Gasteiger partial charge in [-0.05, 0) is 42.9 Å². The number of nitrogens with one attached hydrogen (secondary N) is 1. The van der Waals surface area contributed by atoms with Crippen LogP contribution in [0.3, 0.4) is 0 Å². The SMILES string of the molecule is CCC(C)c1ccc(OCCC(NC2CC2)C(N)=O)cc1. The van der Waals surface area contributed by atoms with E-state index in [1.54, 1.807) is 0 Å². The van der Waals surface area contributed by atoms with Gasteiger partial charge in [0.05, 0.1) is 12.6 Å². The van der Waals surface area contributed by atoms with Gasteiger partial charge >= 0.3 is 0 Å². The Labute approximate surface area is 127 Å². The van der Waals surface area contributed by atoms with Crippen LogP contribution in [0.2, 0.25) is 0 Å². The number of nitrogens with two attached hydrogens (primary N) is 1. The average Bonchev–Trinajstić information content (AvgIpc) is 3.30. The molecule has 3 N–H and O–H groups in total. The Kier molecular flexibility index (Phi) is 5.62. The molecule has 1 aromatic rings. The Morgan fingerprint density at radius 1 is 1.38 bits per heavy atom. The van der Waals surface area contributed by atoms with Gasteiger partial charge in [-0.1, -0.05) is 26.0 Å². The molecule has 0 bridgehead atoms. The van der Waals surface area contributed by atoms with Gasteiger partial charge in [-0.3, -0.25) is 4.79 Å². The summed E-state index contributed by atoms with van der Waals surface area (Å²) in [7, 11) is 0. The van der Waals surface area contributed by atoms with Crippen LogP contribution in [0, 0.1) is 0 Å². The maximum atomic E-state index is 11.4. The lowest BCUT2D eigenvalue weighted by atomic mass is 9.99. The Hall–Kier alpha value is -1.55. The third kappa shape index (κ3) is 5.05. The summed E-state index contributed by atoms with van der Waals surface area (Å²) in [6.45, 7) is 4.90. The summed E-state index contributed by atoms with van der Waals surface area (Å²) in [6.07, 6.45) is 4.02. The second-order valence-corrected chi connectivity index (χ2v) is 5.91. The van der Waals surface area contributed by atoms with Gasteiger partial charge in [0.2, 0.25) is 5.91 Å². The molecule has 0 aliphatic heterocycles. The number of ether oxygens (including phenoxy) is 1. The number of rotatable bonds is 9. The van der Waals surface area contributed by atoms with E-state index in [0.717, 1.165) is 25.0 Å². The van der Waals surface area contributed by atoms with Gasteiger partial charge in [0.15, 0.2) is 0 Å². The van der Waals surface area contributed by atoms with E-state index >= 15 is 0 Å². The maximum absolute atomic E-state index is 11.4. The van der Waals surface area contributed by atoms with E-state index < -0.39 is 0 Å². The van der Waals surface area contributed by atoms with Crippen LogP contribution in [0.5, 0.6) is 5.75 Å². The minimum atomic E-state index is -0.294. The van der Waals surface area contributed by atoms with Gasteiger partial charge in [0.25, 0.3) is 0 Å². The lowest BCUT2D eigenvalue weighted by Crippen LogP contribution is -2.43. The number of carbonyl (C=O) groups is 1. The Bertz CT molecular complexity index is 454. The van der Waals surface area contributed by atoms with Crippen molar-refractivity contribution in [1.29, 1.82) is 0 Å². The number of hydrogen-bond acceptors (Lipinski definition) is 3. The molecule has 0 radical (unpaired) electrons. The van der Waals surface area contributed by atoms with E-state index in [-0.39, 0.29) is 11.9 Å². The van der Waals surface area contributed by atoms with Crippen LogP contribution in [-0.4, -0.2) is 24.6 Å². The Balaban J connectivity index is 1.77. The highest BCUT2D eigenvalue weighted by molar-refractivity contribution is 5.79. The van der Waals surface area contributed by atoms with Crippen molar-refractivity contribution in [3.05, 3.63) is 29.8 Å². The number of carbonyl (C=O) groups excluding carboxylic acids is 1. The van der Waals surface area contributed by atoms with Crippen LogP contribution in [0.25, 0.3) is 0 Å². The lowest BCUT2D eigenvalue weighted by Gasteiger charge is -2.15. The molecule has 4 nitrogen and oxygen atoms in total. The molecule has 21 heavy (non-hydrogen) atoms. The van der Waals surface area contributed by atoms with E-state index in [9.17, 15) is 4.79 Å². The van der Waals surface area contributed by atoms with Crippen LogP contribution >= 0.6 is 0 Å². The molecule has 1 aliphatic carbocycles. The highest BCUT2D eigenvalue weighted by Crippen LogP contribution is 2.22. The van der Waals surface area contributed by atoms with Crippen LogP contribution in [0.15, 0.2) is 24.3 Å². The first kappa shape index (κ1) is 15.8. The fourth-order valence-electron chi connectivity index (χ4n) is 2.27. The van der Waals surface area contributed by atoms with Crippen LogP contribution in [0.1, 0.15) is 51.0 Å². The molecule has 2 atom stereocenters. The Morgan fingerprint density at radius 3 is 2.57 bits per heavy atom. The summed E-state index contributed by atoms with van der Waals surface area (Å²) < 4.78 is 5.71. The molecule has 0 aromatic heterocycles. The molecule has 0 heterocycles. The molecule has 1 saturated carbocycles. The second kappa shape index (κ2) is 7.46. The summed E-state index contributed by atoms with van der Waals surface area (Å²) in [5.74, 6) is 1.12. The van der Waals surface area contributed by atoms with E-state index in [0.29, 0.717) is 25.0 Å². The van der Waals surface area contributed by atoms with E-state index in [4.69, 9.17) is 10.5 Å². The summed E-state index contributed by atoms with van der Waals surface area (Å²) in [4.78, 5) is 11.4.